The van der Waals surface area contributed by atoms with Gasteiger partial charge in [0.05, 0.1) is 6.61 Å². The van der Waals surface area contributed by atoms with E-state index in [1.54, 1.807) is 0 Å². The number of nitrogens with zero attached hydrogens (tertiary/aromatic N) is 3. The van der Waals surface area contributed by atoms with E-state index in [0.29, 0.717) is 6.61 Å². The Morgan fingerprint density at radius 2 is 2.24 bits per heavy atom. The number of carbonyl (C=O) groups excluding carboxylic acids is 1. The van der Waals surface area contributed by atoms with Crippen LogP contribution in [0.25, 0.3) is 0 Å². The molecule has 3 rings (SSSR count). The molecule has 2 aliphatic rings. The van der Waals surface area contributed by atoms with Crippen LogP contribution in [0.5, 0.6) is 0 Å². The minimum Gasteiger partial charge on any atom is -0.465 e. The second-order valence-electron chi connectivity index (χ2n) is 4.42. The number of ether oxygens (including phenoxy) is 1. The second-order valence-corrected chi connectivity index (χ2v) is 5.59. The standard InChI is InChI=1S/C11H15N3O2S/c15-10-8(5-7-16-10)17-11-13-12-9-4-2-1-3-6-14(9)11/h8H,1-7H2/t8-/m1/s1. The van der Waals surface area contributed by atoms with Gasteiger partial charge in [-0.3, -0.25) is 4.79 Å². The molecule has 0 saturated carbocycles. The van der Waals surface area contributed by atoms with Crippen molar-refractivity contribution in [3.63, 3.8) is 0 Å². The third-order valence-electron chi connectivity index (χ3n) is 3.21. The zero-order valence-electron chi connectivity index (χ0n) is 9.59. The van der Waals surface area contributed by atoms with Crippen molar-refractivity contribution >= 4 is 17.7 Å². The van der Waals surface area contributed by atoms with Crippen molar-refractivity contribution in [2.45, 2.75) is 49.1 Å². The maximum atomic E-state index is 11.4. The molecule has 0 bridgehead atoms. The molecule has 0 aliphatic carbocycles. The molecule has 92 valence electrons. The van der Waals surface area contributed by atoms with Crippen molar-refractivity contribution in [3.8, 4) is 0 Å². The van der Waals surface area contributed by atoms with Crippen molar-refractivity contribution < 1.29 is 9.53 Å². The highest BCUT2D eigenvalue weighted by molar-refractivity contribution is 8.00. The van der Waals surface area contributed by atoms with E-state index in [0.717, 1.165) is 30.4 Å². The molecular weight excluding hydrogens is 238 g/mol. The van der Waals surface area contributed by atoms with E-state index in [2.05, 4.69) is 14.8 Å². The van der Waals surface area contributed by atoms with Crippen LogP contribution in [0.3, 0.4) is 0 Å². The Balaban J connectivity index is 1.79. The van der Waals surface area contributed by atoms with Crippen molar-refractivity contribution in [2.75, 3.05) is 6.61 Å². The van der Waals surface area contributed by atoms with Crippen LogP contribution in [0.1, 0.15) is 31.5 Å². The fraction of sp³-hybridized carbons (Fsp3) is 0.727. The first-order valence-electron chi connectivity index (χ1n) is 6.10. The Hall–Kier alpha value is -1.04. The molecule has 5 nitrogen and oxygen atoms in total. The summed E-state index contributed by atoms with van der Waals surface area (Å²) in [6.07, 6.45) is 5.40. The monoisotopic (exact) mass is 253 g/mol. The summed E-state index contributed by atoms with van der Waals surface area (Å²) in [6.45, 7) is 1.52. The zero-order chi connectivity index (χ0) is 11.7. The fourth-order valence-electron chi connectivity index (χ4n) is 2.26. The highest BCUT2D eigenvalue weighted by Crippen LogP contribution is 2.29. The number of rotatable bonds is 2. The molecule has 0 unspecified atom stereocenters. The molecule has 3 heterocycles. The average molecular weight is 253 g/mol. The quantitative estimate of drug-likeness (QED) is 0.746. The molecule has 17 heavy (non-hydrogen) atoms. The Bertz CT molecular complexity index is 432. The highest BCUT2D eigenvalue weighted by Gasteiger charge is 2.30. The number of carbonyl (C=O) groups is 1. The molecule has 2 aliphatic heterocycles. The molecule has 0 radical (unpaired) electrons. The van der Waals surface area contributed by atoms with Gasteiger partial charge in [0.1, 0.15) is 11.1 Å². The van der Waals surface area contributed by atoms with Gasteiger partial charge < -0.3 is 9.30 Å². The van der Waals surface area contributed by atoms with E-state index >= 15 is 0 Å². The SMILES string of the molecule is O=C1OCC[C@H]1Sc1nnc2n1CCCCC2. The maximum absolute atomic E-state index is 11.4. The smallest absolute Gasteiger partial charge is 0.319 e. The summed E-state index contributed by atoms with van der Waals surface area (Å²) in [7, 11) is 0. The second kappa shape index (κ2) is 4.68. The lowest BCUT2D eigenvalue weighted by atomic mass is 10.2. The lowest BCUT2D eigenvalue weighted by Crippen LogP contribution is -2.11. The first-order valence-corrected chi connectivity index (χ1v) is 6.98. The summed E-state index contributed by atoms with van der Waals surface area (Å²) in [5.74, 6) is 0.956. The number of aromatic nitrogens is 3. The number of fused-ring (bicyclic) bond motifs is 1. The van der Waals surface area contributed by atoms with Gasteiger partial charge in [0.15, 0.2) is 5.16 Å². The molecule has 1 atom stereocenters. The zero-order valence-corrected chi connectivity index (χ0v) is 10.4. The summed E-state index contributed by atoms with van der Waals surface area (Å²) in [5.41, 5.74) is 0. The Kier molecular flexibility index (Phi) is 3.05. The first-order chi connectivity index (χ1) is 8.34. The number of cyclic esters (lactones) is 1. The molecule has 0 amide bonds. The number of hydrogen-bond donors (Lipinski definition) is 0. The minimum atomic E-state index is -0.110. The lowest BCUT2D eigenvalue weighted by Gasteiger charge is -2.08. The number of thioether (sulfide) groups is 1. The number of hydrogen-bond acceptors (Lipinski definition) is 5. The highest BCUT2D eigenvalue weighted by atomic mass is 32.2. The van der Waals surface area contributed by atoms with E-state index in [1.807, 2.05) is 0 Å². The van der Waals surface area contributed by atoms with Gasteiger partial charge in [0, 0.05) is 19.4 Å². The summed E-state index contributed by atoms with van der Waals surface area (Å²) in [5, 5.41) is 9.22. The van der Waals surface area contributed by atoms with Gasteiger partial charge in [-0.25, -0.2) is 0 Å². The molecule has 0 aromatic carbocycles. The van der Waals surface area contributed by atoms with E-state index in [9.17, 15) is 4.79 Å². The lowest BCUT2D eigenvalue weighted by molar-refractivity contribution is -0.137. The van der Waals surface area contributed by atoms with E-state index < -0.39 is 0 Å². The third-order valence-corrected chi connectivity index (χ3v) is 4.44. The van der Waals surface area contributed by atoms with Crippen LogP contribution in [-0.2, 0) is 22.5 Å². The van der Waals surface area contributed by atoms with Crippen molar-refractivity contribution in [3.05, 3.63) is 5.82 Å². The fourth-order valence-corrected chi connectivity index (χ4v) is 3.30. The first kappa shape index (κ1) is 11.1. The summed E-state index contributed by atoms with van der Waals surface area (Å²) >= 11 is 1.50. The van der Waals surface area contributed by atoms with E-state index in [1.165, 1.54) is 31.0 Å². The number of aryl methyl sites for hydroxylation is 1. The third kappa shape index (κ3) is 2.18. The van der Waals surface area contributed by atoms with Gasteiger partial charge in [-0.1, -0.05) is 18.2 Å². The molecular formula is C11H15N3O2S. The summed E-state index contributed by atoms with van der Waals surface area (Å²) in [6, 6.07) is 0. The topological polar surface area (TPSA) is 57.0 Å². The van der Waals surface area contributed by atoms with Crippen molar-refractivity contribution in [1.82, 2.24) is 14.8 Å². The van der Waals surface area contributed by atoms with Gasteiger partial charge in [-0.15, -0.1) is 10.2 Å². The van der Waals surface area contributed by atoms with Crippen LogP contribution in [0, 0.1) is 0 Å². The largest absolute Gasteiger partial charge is 0.465 e. The van der Waals surface area contributed by atoms with Crippen LogP contribution in [0.15, 0.2) is 5.16 Å². The Morgan fingerprint density at radius 1 is 1.29 bits per heavy atom. The molecule has 0 N–H and O–H groups in total. The van der Waals surface area contributed by atoms with Gasteiger partial charge in [-0.2, -0.15) is 0 Å². The summed E-state index contributed by atoms with van der Waals surface area (Å²) in [4.78, 5) is 11.4. The minimum absolute atomic E-state index is 0.0912. The Labute approximate surface area is 104 Å². The van der Waals surface area contributed by atoms with Crippen molar-refractivity contribution in [1.29, 1.82) is 0 Å². The van der Waals surface area contributed by atoms with Crippen LogP contribution in [0.2, 0.25) is 0 Å². The van der Waals surface area contributed by atoms with Gasteiger partial charge in [0.25, 0.3) is 0 Å². The van der Waals surface area contributed by atoms with Gasteiger partial charge in [-0.05, 0) is 12.8 Å². The molecule has 1 aromatic heterocycles. The van der Waals surface area contributed by atoms with Crippen LogP contribution < -0.4 is 0 Å². The van der Waals surface area contributed by atoms with Crippen LogP contribution >= 0.6 is 11.8 Å². The van der Waals surface area contributed by atoms with Crippen molar-refractivity contribution in [2.24, 2.45) is 0 Å². The molecule has 1 saturated heterocycles. The molecule has 1 fully saturated rings. The molecule has 1 aromatic rings. The normalized spacial score (nSPS) is 24.2. The molecule has 6 heteroatoms. The van der Waals surface area contributed by atoms with Crippen LogP contribution in [0.4, 0.5) is 0 Å². The number of esters is 1. The van der Waals surface area contributed by atoms with Gasteiger partial charge >= 0.3 is 5.97 Å². The van der Waals surface area contributed by atoms with Gasteiger partial charge in [0.2, 0.25) is 0 Å². The van der Waals surface area contributed by atoms with Crippen LogP contribution in [-0.4, -0.2) is 32.6 Å². The maximum Gasteiger partial charge on any atom is 0.319 e. The van der Waals surface area contributed by atoms with E-state index in [4.69, 9.17) is 4.74 Å². The average Bonchev–Trinajstić information content (AvgIpc) is 2.81. The molecule has 0 spiro atoms. The Morgan fingerprint density at radius 3 is 3.06 bits per heavy atom. The van der Waals surface area contributed by atoms with E-state index in [-0.39, 0.29) is 11.2 Å². The predicted octanol–water partition coefficient (Wildman–Crippen LogP) is 1.41. The summed E-state index contributed by atoms with van der Waals surface area (Å²) < 4.78 is 7.14. The predicted molar refractivity (Wildman–Crippen MR) is 62.8 cm³/mol.